The fourth-order valence-corrected chi connectivity index (χ4v) is 2.19. The van der Waals surface area contributed by atoms with Crippen LogP contribution in [0, 0.1) is 0 Å². The van der Waals surface area contributed by atoms with Crippen LogP contribution in [0.3, 0.4) is 0 Å². The van der Waals surface area contributed by atoms with E-state index in [1.54, 1.807) is 18.2 Å². The Morgan fingerprint density at radius 3 is 2.33 bits per heavy atom. The van der Waals surface area contributed by atoms with Gasteiger partial charge in [0.2, 0.25) is 0 Å². The van der Waals surface area contributed by atoms with Crippen LogP contribution in [0.5, 0.6) is 0 Å². The number of nitrogens with one attached hydrogen (secondary N) is 1. The van der Waals surface area contributed by atoms with Crippen LogP contribution in [-0.4, -0.2) is 11.1 Å². The summed E-state index contributed by atoms with van der Waals surface area (Å²) in [7, 11) is 0. The molecule has 0 amide bonds. The van der Waals surface area contributed by atoms with Gasteiger partial charge in [0, 0.05) is 13.1 Å². The molecule has 0 fully saturated rings. The highest BCUT2D eigenvalue weighted by atomic mass is 16.4. The SMILES string of the molecule is CC(C)c1ccc(CNCc2cccc(C(=O)O)c2)cc1. The van der Waals surface area contributed by atoms with Crippen LogP contribution < -0.4 is 5.32 Å². The standard InChI is InChI=1S/C18H21NO2/c1-13(2)16-8-6-14(7-9-16)11-19-12-15-4-3-5-17(10-15)18(20)21/h3-10,13,19H,11-12H2,1-2H3,(H,20,21). The zero-order valence-electron chi connectivity index (χ0n) is 12.5. The summed E-state index contributed by atoms with van der Waals surface area (Å²) in [6, 6.07) is 15.6. The van der Waals surface area contributed by atoms with Crippen molar-refractivity contribution in [1.82, 2.24) is 5.32 Å². The quantitative estimate of drug-likeness (QED) is 0.847. The molecular formula is C18H21NO2. The summed E-state index contributed by atoms with van der Waals surface area (Å²) >= 11 is 0. The fraction of sp³-hybridized carbons (Fsp3) is 0.278. The number of carboxylic acids is 1. The molecule has 110 valence electrons. The second-order valence-electron chi connectivity index (χ2n) is 5.51. The van der Waals surface area contributed by atoms with E-state index in [4.69, 9.17) is 5.11 Å². The molecule has 0 aromatic heterocycles. The Balaban J connectivity index is 1.89. The Kier molecular flexibility index (Phi) is 5.12. The first-order chi connectivity index (χ1) is 10.1. The Bertz CT molecular complexity index is 603. The maximum absolute atomic E-state index is 10.9. The topological polar surface area (TPSA) is 49.3 Å². The molecule has 0 heterocycles. The molecule has 0 aliphatic carbocycles. The lowest BCUT2D eigenvalue weighted by Gasteiger charge is -2.08. The Labute approximate surface area is 125 Å². The lowest BCUT2D eigenvalue weighted by Crippen LogP contribution is -2.13. The van der Waals surface area contributed by atoms with E-state index >= 15 is 0 Å². The maximum Gasteiger partial charge on any atom is 0.335 e. The van der Waals surface area contributed by atoms with E-state index in [9.17, 15) is 4.79 Å². The average Bonchev–Trinajstić information content (AvgIpc) is 2.48. The Hall–Kier alpha value is -2.13. The third-order valence-corrected chi connectivity index (χ3v) is 3.48. The molecule has 0 bridgehead atoms. The highest BCUT2D eigenvalue weighted by molar-refractivity contribution is 5.87. The molecule has 0 aliphatic rings. The predicted molar refractivity (Wildman–Crippen MR) is 84.5 cm³/mol. The van der Waals surface area contributed by atoms with Crippen molar-refractivity contribution in [3.8, 4) is 0 Å². The van der Waals surface area contributed by atoms with Gasteiger partial charge in [-0.15, -0.1) is 0 Å². The summed E-state index contributed by atoms with van der Waals surface area (Å²) in [5, 5.41) is 12.3. The third-order valence-electron chi connectivity index (χ3n) is 3.48. The van der Waals surface area contributed by atoms with Crippen LogP contribution >= 0.6 is 0 Å². The molecule has 2 N–H and O–H groups in total. The summed E-state index contributed by atoms with van der Waals surface area (Å²) < 4.78 is 0. The van der Waals surface area contributed by atoms with Crippen LogP contribution in [0.2, 0.25) is 0 Å². The van der Waals surface area contributed by atoms with Gasteiger partial charge >= 0.3 is 5.97 Å². The maximum atomic E-state index is 10.9. The van der Waals surface area contributed by atoms with Crippen LogP contribution in [0.15, 0.2) is 48.5 Å². The van der Waals surface area contributed by atoms with Crippen molar-refractivity contribution in [3.63, 3.8) is 0 Å². The third kappa shape index (κ3) is 4.43. The normalized spacial score (nSPS) is 10.8. The number of hydrogen-bond acceptors (Lipinski definition) is 2. The van der Waals surface area contributed by atoms with Crippen molar-refractivity contribution < 1.29 is 9.90 Å². The monoisotopic (exact) mass is 283 g/mol. The summed E-state index contributed by atoms with van der Waals surface area (Å²) in [5.74, 6) is -0.341. The fourth-order valence-electron chi connectivity index (χ4n) is 2.19. The smallest absolute Gasteiger partial charge is 0.335 e. The van der Waals surface area contributed by atoms with Gasteiger partial charge in [-0.2, -0.15) is 0 Å². The van der Waals surface area contributed by atoms with E-state index in [2.05, 4.69) is 43.4 Å². The molecular weight excluding hydrogens is 262 g/mol. The highest BCUT2D eigenvalue weighted by Gasteiger charge is 2.03. The van der Waals surface area contributed by atoms with Crippen LogP contribution in [0.1, 0.15) is 46.8 Å². The minimum Gasteiger partial charge on any atom is -0.478 e. The van der Waals surface area contributed by atoms with E-state index in [0.29, 0.717) is 18.0 Å². The van der Waals surface area contributed by atoms with E-state index in [-0.39, 0.29) is 0 Å². The number of carbonyl (C=O) groups is 1. The first-order valence-electron chi connectivity index (χ1n) is 7.18. The second kappa shape index (κ2) is 7.04. The predicted octanol–water partition coefficient (Wildman–Crippen LogP) is 3.80. The molecule has 21 heavy (non-hydrogen) atoms. The van der Waals surface area contributed by atoms with E-state index < -0.39 is 5.97 Å². The van der Waals surface area contributed by atoms with Crippen LogP contribution in [-0.2, 0) is 13.1 Å². The second-order valence-corrected chi connectivity index (χ2v) is 5.51. The van der Waals surface area contributed by atoms with Crippen LogP contribution in [0.4, 0.5) is 0 Å². The van der Waals surface area contributed by atoms with Gasteiger partial charge in [-0.05, 0) is 34.7 Å². The van der Waals surface area contributed by atoms with Gasteiger partial charge in [-0.3, -0.25) is 0 Å². The van der Waals surface area contributed by atoms with Crippen molar-refractivity contribution in [2.24, 2.45) is 0 Å². The molecule has 0 unspecified atom stereocenters. The van der Waals surface area contributed by atoms with E-state index in [1.165, 1.54) is 11.1 Å². The first kappa shape index (κ1) is 15.3. The van der Waals surface area contributed by atoms with Crippen molar-refractivity contribution in [1.29, 1.82) is 0 Å². The summed E-state index contributed by atoms with van der Waals surface area (Å²) in [4.78, 5) is 10.9. The van der Waals surface area contributed by atoms with Crippen molar-refractivity contribution in [2.75, 3.05) is 0 Å². The van der Waals surface area contributed by atoms with Crippen LogP contribution in [0.25, 0.3) is 0 Å². The van der Waals surface area contributed by atoms with Crippen molar-refractivity contribution in [3.05, 3.63) is 70.8 Å². The van der Waals surface area contributed by atoms with E-state index in [1.807, 2.05) is 6.07 Å². The molecule has 0 saturated heterocycles. The van der Waals surface area contributed by atoms with Gasteiger partial charge < -0.3 is 10.4 Å². The average molecular weight is 283 g/mol. The van der Waals surface area contributed by atoms with E-state index in [0.717, 1.165) is 12.1 Å². The number of aromatic carboxylic acids is 1. The minimum atomic E-state index is -0.888. The zero-order chi connectivity index (χ0) is 15.2. The number of carboxylic acid groups (broad SMARTS) is 1. The highest BCUT2D eigenvalue weighted by Crippen LogP contribution is 2.14. The van der Waals surface area contributed by atoms with Gasteiger partial charge in [0.1, 0.15) is 0 Å². The van der Waals surface area contributed by atoms with Gasteiger partial charge in [0.05, 0.1) is 5.56 Å². The molecule has 0 radical (unpaired) electrons. The molecule has 2 aromatic rings. The lowest BCUT2D eigenvalue weighted by molar-refractivity contribution is 0.0696. The summed E-state index contributed by atoms with van der Waals surface area (Å²) in [6.07, 6.45) is 0. The Morgan fingerprint density at radius 2 is 1.71 bits per heavy atom. The Morgan fingerprint density at radius 1 is 1.05 bits per heavy atom. The number of rotatable bonds is 6. The number of benzene rings is 2. The molecule has 3 heteroatoms. The largest absolute Gasteiger partial charge is 0.478 e. The molecule has 0 atom stereocenters. The summed E-state index contributed by atoms with van der Waals surface area (Å²) in [5.41, 5.74) is 3.88. The molecule has 0 saturated carbocycles. The molecule has 2 rings (SSSR count). The van der Waals surface area contributed by atoms with Gasteiger partial charge in [-0.1, -0.05) is 50.2 Å². The first-order valence-corrected chi connectivity index (χ1v) is 7.18. The molecule has 2 aromatic carbocycles. The van der Waals surface area contributed by atoms with Gasteiger partial charge in [0.25, 0.3) is 0 Å². The van der Waals surface area contributed by atoms with Gasteiger partial charge in [-0.25, -0.2) is 4.79 Å². The molecule has 0 spiro atoms. The minimum absolute atomic E-state index is 0.329. The summed E-state index contributed by atoms with van der Waals surface area (Å²) in [6.45, 7) is 5.80. The molecule has 0 aliphatic heterocycles. The molecule has 3 nitrogen and oxygen atoms in total. The van der Waals surface area contributed by atoms with Gasteiger partial charge in [0.15, 0.2) is 0 Å². The van der Waals surface area contributed by atoms with Crippen molar-refractivity contribution in [2.45, 2.75) is 32.9 Å². The van der Waals surface area contributed by atoms with Crippen molar-refractivity contribution >= 4 is 5.97 Å². The lowest BCUT2D eigenvalue weighted by atomic mass is 10.0. The zero-order valence-corrected chi connectivity index (χ0v) is 12.5. The number of hydrogen-bond donors (Lipinski definition) is 2.